The first-order valence-corrected chi connectivity index (χ1v) is 9.15. The van der Waals surface area contributed by atoms with Crippen molar-refractivity contribution in [3.05, 3.63) is 0 Å². The number of ketones is 1. The number of aliphatic hydroxyl groups excluding tert-OH is 1. The highest BCUT2D eigenvalue weighted by molar-refractivity contribution is 5.87. The summed E-state index contributed by atoms with van der Waals surface area (Å²) in [6.07, 6.45) is 10.2. The lowest BCUT2D eigenvalue weighted by molar-refractivity contribution is -0.140. The summed E-state index contributed by atoms with van der Waals surface area (Å²) >= 11 is 0. The SMILES string of the molecule is CC12CC3CC[C@@H]4C[C@@H](O)CCC4(C)[C@@H]3C[C@@H]1CCC2=O. The van der Waals surface area contributed by atoms with E-state index >= 15 is 0 Å². The molecule has 4 aliphatic rings. The van der Waals surface area contributed by atoms with Gasteiger partial charge in [-0.1, -0.05) is 13.8 Å². The van der Waals surface area contributed by atoms with Crippen molar-refractivity contribution in [3.63, 3.8) is 0 Å². The predicted molar refractivity (Wildman–Crippen MR) is 82.7 cm³/mol. The maximum absolute atomic E-state index is 12.4. The number of carbonyl (C=O) groups is 1. The van der Waals surface area contributed by atoms with E-state index in [9.17, 15) is 9.90 Å². The first-order valence-electron chi connectivity index (χ1n) is 9.15. The fourth-order valence-corrected chi connectivity index (χ4v) is 6.84. The van der Waals surface area contributed by atoms with Gasteiger partial charge < -0.3 is 5.11 Å². The molecule has 7 atom stereocenters. The lowest BCUT2D eigenvalue weighted by Crippen LogP contribution is -2.53. The Balaban J connectivity index is 1.62. The molecule has 0 aromatic rings. The topological polar surface area (TPSA) is 37.3 Å². The van der Waals surface area contributed by atoms with Crippen LogP contribution in [0.5, 0.6) is 0 Å². The van der Waals surface area contributed by atoms with Gasteiger partial charge in [0.05, 0.1) is 6.10 Å². The van der Waals surface area contributed by atoms with Gasteiger partial charge in [0.15, 0.2) is 0 Å². The Morgan fingerprint density at radius 2 is 1.86 bits per heavy atom. The van der Waals surface area contributed by atoms with Gasteiger partial charge in [0.1, 0.15) is 5.78 Å². The molecule has 0 aromatic heterocycles. The highest BCUT2D eigenvalue weighted by Crippen LogP contribution is 2.64. The van der Waals surface area contributed by atoms with Crippen LogP contribution in [0.2, 0.25) is 0 Å². The van der Waals surface area contributed by atoms with Crippen LogP contribution < -0.4 is 0 Å². The molecule has 4 fully saturated rings. The van der Waals surface area contributed by atoms with Gasteiger partial charge >= 0.3 is 0 Å². The van der Waals surface area contributed by atoms with Crippen molar-refractivity contribution < 1.29 is 9.90 Å². The molecule has 21 heavy (non-hydrogen) atoms. The molecule has 0 heterocycles. The molecule has 0 bridgehead atoms. The van der Waals surface area contributed by atoms with Crippen LogP contribution in [0, 0.1) is 34.5 Å². The minimum absolute atomic E-state index is 0.0124. The Kier molecular flexibility index (Phi) is 3.10. The van der Waals surface area contributed by atoms with Gasteiger partial charge in [-0.15, -0.1) is 0 Å². The third kappa shape index (κ3) is 1.90. The second-order valence-corrected chi connectivity index (χ2v) is 9.09. The lowest BCUT2D eigenvalue weighted by atomic mass is 9.46. The van der Waals surface area contributed by atoms with Crippen molar-refractivity contribution >= 4 is 5.78 Å². The summed E-state index contributed by atoms with van der Waals surface area (Å²) in [5, 5.41) is 10.0. The fourth-order valence-electron chi connectivity index (χ4n) is 6.84. The monoisotopic (exact) mass is 290 g/mol. The van der Waals surface area contributed by atoms with Crippen LogP contribution in [0.25, 0.3) is 0 Å². The molecule has 0 saturated heterocycles. The Morgan fingerprint density at radius 3 is 2.67 bits per heavy atom. The highest BCUT2D eigenvalue weighted by Gasteiger charge is 2.58. The van der Waals surface area contributed by atoms with E-state index in [2.05, 4.69) is 13.8 Å². The zero-order valence-corrected chi connectivity index (χ0v) is 13.6. The molecular weight excluding hydrogens is 260 g/mol. The van der Waals surface area contributed by atoms with Crippen LogP contribution in [0.1, 0.15) is 71.6 Å². The average molecular weight is 290 g/mol. The van der Waals surface area contributed by atoms with Crippen molar-refractivity contribution in [1.82, 2.24) is 0 Å². The quantitative estimate of drug-likeness (QED) is 0.733. The third-order valence-electron chi connectivity index (χ3n) is 8.29. The third-order valence-corrected chi connectivity index (χ3v) is 8.29. The van der Waals surface area contributed by atoms with E-state index in [0.29, 0.717) is 17.1 Å². The molecule has 2 nitrogen and oxygen atoms in total. The number of Topliss-reactive ketones (excluding diaryl/α,β-unsaturated/α-hetero) is 1. The number of aliphatic hydroxyl groups is 1. The van der Waals surface area contributed by atoms with Gasteiger partial charge in [-0.25, -0.2) is 0 Å². The minimum Gasteiger partial charge on any atom is -0.393 e. The van der Waals surface area contributed by atoms with Gasteiger partial charge in [0.25, 0.3) is 0 Å². The zero-order valence-electron chi connectivity index (χ0n) is 13.6. The van der Waals surface area contributed by atoms with E-state index in [4.69, 9.17) is 0 Å². The summed E-state index contributed by atoms with van der Waals surface area (Å²) in [6, 6.07) is 0. The van der Waals surface area contributed by atoms with Gasteiger partial charge in [-0.05, 0) is 80.5 Å². The summed E-state index contributed by atoms with van der Waals surface area (Å²) in [5.41, 5.74) is 0.452. The molecule has 118 valence electrons. The van der Waals surface area contributed by atoms with E-state index < -0.39 is 0 Å². The van der Waals surface area contributed by atoms with Gasteiger partial charge in [-0.3, -0.25) is 4.79 Å². The first kappa shape index (κ1) is 14.2. The fraction of sp³-hybridized carbons (Fsp3) is 0.947. The normalized spacial score (nSPS) is 56.5. The van der Waals surface area contributed by atoms with Crippen LogP contribution in [0.4, 0.5) is 0 Å². The molecule has 0 amide bonds. The second-order valence-electron chi connectivity index (χ2n) is 9.09. The van der Waals surface area contributed by atoms with E-state index in [1.54, 1.807) is 0 Å². The standard InChI is InChI=1S/C19H30O2/c1-18-8-7-15(20)9-13(18)4-3-12-11-19(2)14(10-16(12)18)5-6-17(19)21/h12-16,20H,3-11H2,1-2H3/t12?,13-,14+,15+,16-,18?,19?/m1/s1. The molecule has 3 unspecified atom stereocenters. The molecular formula is C19H30O2. The Bertz CT molecular complexity index is 458. The molecule has 0 aromatic carbocycles. The van der Waals surface area contributed by atoms with Crippen molar-refractivity contribution in [2.75, 3.05) is 0 Å². The number of hydrogen-bond donors (Lipinski definition) is 1. The zero-order chi connectivity index (χ0) is 14.8. The summed E-state index contributed by atoms with van der Waals surface area (Å²) in [4.78, 5) is 12.4. The van der Waals surface area contributed by atoms with Crippen LogP contribution in [0.3, 0.4) is 0 Å². The maximum Gasteiger partial charge on any atom is 0.139 e. The van der Waals surface area contributed by atoms with Gasteiger partial charge in [-0.2, -0.15) is 0 Å². The van der Waals surface area contributed by atoms with Crippen molar-refractivity contribution in [3.8, 4) is 0 Å². The van der Waals surface area contributed by atoms with Crippen molar-refractivity contribution in [2.45, 2.75) is 77.7 Å². The van der Waals surface area contributed by atoms with E-state index in [-0.39, 0.29) is 11.5 Å². The number of carbonyl (C=O) groups excluding carboxylic acids is 1. The largest absolute Gasteiger partial charge is 0.393 e. The number of hydrogen-bond acceptors (Lipinski definition) is 2. The van der Waals surface area contributed by atoms with Crippen LogP contribution in [0.15, 0.2) is 0 Å². The number of rotatable bonds is 0. The Hall–Kier alpha value is -0.370. The van der Waals surface area contributed by atoms with Gasteiger partial charge in [0, 0.05) is 11.8 Å². The lowest BCUT2D eigenvalue weighted by Gasteiger charge is -2.59. The molecule has 4 saturated carbocycles. The van der Waals surface area contributed by atoms with Crippen LogP contribution in [-0.2, 0) is 4.79 Å². The summed E-state index contributed by atoms with van der Waals surface area (Å²) in [7, 11) is 0. The molecule has 1 N–H and O–H groups in total. The molecule has 0 aliphatic heterocycles. The van der Waals surface area contributed by atoms with Gasteiger partial charge in [0.2, 0.25) is 0 Å². The average Bonchev–Trinajstić information content (AvgIpc) is 2.74. The Labute approximate surface area is 128 Å². The summed E-state index contributed by atoms with van der Waals surface area (Å²) in [6.45, 7) is 4.78. The summed E-state index contributed by atoms with van der Waals surface area (Å²) < 4.78 is 0. The van der Waals surface area contributed by atoms with E-state index in [0.717, 1.165) is 49.9 Å². The number of fused-ring (bicyclic) bond motifs is 4. The minimum atomic E-state index is -0.0541. The molecule has 4 aliphatic carbocycles. The molecule has 0 spiro atoms. The smallest absolute Gasteiger partial charge is 0.139 e. The Morgan fingerprint density at radius 1 is 1.05 bits per heavy atom. The highest BCUT2D eigenvalue weighted by atomic mass is 16.3. The molecule has 2 heteroatoms. The van der Waals surface area contributed by atoms with Crippen molar-refractivity contribution in [1.29, 1.82) is 0 Å². The first-order chi connectivity index (χ1) is 9.93. The molecule has 0 radical (unpaired) electrons. The second kappa shape index (κ2) is 4.57. The maximum atomic E-state index is 12.4. The van der Waals surface area contributed by atoms with E-state index in [1.165, 1.54) is 25.7 Å². The van der Waals surface area contributed by atoms with E-state index in [1.807, 2.05) is 0 Å². The summed E-state index contributed by atoms with van der Waals surface area (Å²) in [5.74, 6) is 3.51. The van der Waals surface area contributed by atoms with Crippen LogP contribution >= 0.6 is 0 Å². The molecule has 4 rings (SSSR count). The van der Waals surface area contributed by atoms with Crippen LogP contribution in [-0.4, -0.2) is 17.0 Å². The van der Waals surface area contributed by atoms with Crippen molar-refractivity contribution in [2.24, 2.45) is 34.5 Å². The predicted octanol–water partition coefficient (Wildman–Crippen LogP) is 3.96.